The molecule has 1 aliphatic heterocycles. The molecule has 1 saturated carbocycles. The quantitative estimate of drug-likeness (QED) is 0.823. The average Bonchev–Trinajstić information content (AvgIpc) is 3.13. The van der Waals surface area contributed by atoms with Crippen molar-refractivity contribution in [2.24, 2.45) is 0 Å². The van der Waals surface area contributed by atoms with Crippen molar-refractivity contribution in [3.63, 3.8) is 0 Å². The van der Waals surface area contributed by atoms with Gasteiger partial charge < -0.3 is 14.2 Å². The molecule has 2 aliphatic rings. The van der Waals surface area contributed by atoms with E-state index in [0.717, 1.165) is 42.3 Å². The van der Waals surface area contributed by atoms with E-state index >= 15 is 0 Å². The first-order chi connectivity index (χ1) is 9.85. The van der Waals surface area contributed by atoms with Crippen LogP contribution in [0.25, 0.3) is 0 Å². The standard InChI is InChI=1S/C16H22O3S/c1-17-15-7-6-13(18-14-8-9-20-11-14)10-16(15)19-12-4-2-3-5-12/h6-7,10,12,14H,2-5,8-9,11H2,1H3. The molecule has 0 bridgehead atoms. The minimum absolute atomic E-state index is 0.334. The molecule has 0 amide bonds. The molecule has 1 unspecified atom stereocenters. The van der Waals surface area contributed by atoms with Crippen molar-refractivity contribution in [2.75, 3.05) is 18.6 Å². The van der Waals surface area contributed by atoms with Crippen LogP contribution in [0.3, 0.4) is 0 Å². The maximum Gasteiger partial charge on any atom is 0.165 e. The van der Waals surface area contributed by atoms with Crippen LogP contribution in [0.1, 0.15) is 32.1 Å². The maximum absolute atomic E-state index is 6.09. The summed E-state index contributed by atoms with van der Waals surface area (Å²) in [5.74, 6) is 4.80. The van der Waals surface area contributed by atoms with Gasteiger partial charge in [-0.2, -0.15) is 11.8 Å². The number of benzene rings is 1. The first-order valence-corrected chi connectivity index (χ1v) is 8.60. The molecule has 0 N–H and O–H groups in total. The molecule has 1 saturated heterocycles. The smallest absolute Gasteiger partial charge is 0.165 e. The predicted molar refractivity (Wildman–Crippen MR) is 82.2 cm³/mol. The van der Waals surface area contributed by atoms with Gasteiger partial charge in [-0.05, 0) is 50.0 Å². The second-order valence-corrected chi connectivity index (χ2v) is 6.59. The molecule has 20 heavy (non-hydrogen) atoms. The monoisotopic (exact) mass is 294 g/mol. The Morgan fingerprint density at radius 2 is 1.85 bits per heavy atom. The third-order valence-electron chi connectivity index (χ3n) is 3.92. The predicted octanol–water partition coefficient (Wildman–Crippen LogP) is 3.90. The van der Waals surface area contributed by atoms with Gasteiger partial charge >= 0.3 is 0 Å². The summed E-state index contributed by atoms with van der Waals surface area (Å²) in [6.07, 6.45) is 6.63. The Balaban J connectivity index is 1.71. The lowest BCUT2D eigenvalue weighted by Crippen LogP contribution is -2.15. The van der Waals surface area contributed by atoms with Gasteiger partial charge in [0.1, 0.15) is 11.9 Å². The van der Waals surface area contributed by atoms with E-state index in [4.69, 9.17) is 14.2 Å². The molecule has 2 fully saturated rings. The van der Waals surface area contributed by atoms with Crippen LogP contribution < -0.4 is 14.2 Å². The third kappa shape index (κ3) is 3.35. The van der Waals surface area contributed by atoms with Crippen molar-refractivity contribution in [2.45, 2.75) is 44.3 Å². The van der Waals surface area contributed by atoms with E-state index in [0.29, 0.717) is 12.2 Å². The van der Waals surface area contributed by atoms with E-state index in [1.54, 1.807) is 7.11 Å². The molecular weight excluding hydrogens is 272 g/mol. The Bertz CT molecular complexity index is 437. The molecule has 0 radical (unpaired) electrons. The summed E-state index contributed by atoms with van der Waals surface area (Å²) < 4.78 is 17.5. The summed E-state index contributed by atoms with van der Waals surface area (Å²) in [5, 5.41) is 0. The van der Waals surface area contributed by atoms with Crippen molar-refractivity contribution in [1.29, 1.82) is 0 Å². The molecule has 0 spiro atoms. The van der Waals surface area contributed by atoms with E-state index < -0.39 is 0 Å². The maximum atomic E-state index is 6.09. The first kappa shape index (κ1) is 13.9. The van der Waals surface area contributed by atoms with Crippen molar-refractivity contribution in [3.05, 3.63) is 18.2 Å². The van der Waals surface area contributed by atoms with Gasteiger partial charge in [0.15, 0.2) is 11.5 Å². The van der Waals surface area contributed by atoms with Crippen LogP contribution in [0.15, 0.2) is 18.2 Å². The number of hydrogen-bond acceptors (Lipinski definition) is 4. The fraction of sp³-hybridized carbons (Fsp3) is 0.625. The van der Waals surface area contributed by atoms with E-state index in [2.05, 4.69) is 0 Å². The number of thioether (sulfide) groups is 1. The largest absolute Gasteiger partial charge is 0.493 e. The molecule has 1 aromatic rings. The summed E-state index contributed by atoms with van der Waals surface area (Å²) in [7, 11) is 1.69. The lowest BCUT2D eigenvalue weighted by molar-refractivity contribution is 0.195. The Morgan fingerprint density at radius 3 is 2.55 bits per heavy atom. The summed E-state index contributed by atoms with van der Waals surface area (Å²) >= 11 is 1.96. The lowest BCUT2D eigenvalue weighted by Gasteiger charge is -2.18. The second-order valence-electron chi connectivity index (χ2n) is 5.44. The molecule has 1 aromatic carbocycles. The summed E-state index contributed by atoms with van der Waals surface area (Å²) in [5.41, 5.74) is 0. The van der Waals surface area contributed by atoms with Crippen LogP contribution in [-0.4, -0.2) is 30.8 Å². The Kier molecular flexibility index (Phi) is 4.61. The van der Waals surface area contributed by atoms with Crippen LogP contribution in [0.5, 0.6) is 17.2 Å². The fourth-order valence-electron chi connectivity index (χ4n) is 2.81. The summed E-state index contributed by atoms with van der Waals surface area (Å²) in [4.78, 5) is 0. The highest BCUT2D eigenvalue weighted by Gasteiger charge is 2.20. The van der Waals surface area contributed by atoms with Gasteiger partial charge in [-0.25, -0.2) is 0 Å². The lowest BCUT2D eigenvalue weighted by atomic mass is 10.2. The first-order valence-electron chi connectivity index (χ1n) is 7.44. The molecule has 3 nitrogen and oxygen atoms in total. The number of methoxy groups -OCH3 is 1. The molecule has 110 valence electrons. The van der Waals surface area contributed by atoms with Gasteiger partial charge in [-0.3, -0.25) is 0 Å². The zero-order valence-corrected chi connectivity index (χ0v) is 12.8. The van der Waals surface area contributed by atoms with Crippen LogP contribution in [0, 0.1) is 0 Å². The summed E-state index contributed by atoms with van der Waals surface area (Å²) in [6.45, 7) is 0. The van der Waals surface area contributed by atoms with E-state index in [-0.39, 0.29) is 0 Å². The zero-order valence-electron chi connectivity index (χ0n) is 12.0. The van der Waals surface area contributed by atoms with Crippen LogP contribution in [-0.2, 0) is 0 Å². The topological polar surface area (TPSA) is 27.7 Å². The number of ether oxygens (including phenoxy) is 3. The van der Waals surface area contributed by atoms with Gasteiger partial charge in [0.05, 0.1) is 13.2 Å². The van der Waals surface area contributed by atoms with Gasteiger partial charge in [0.25, 0.3) is 0 Å². The van der Waals surface area contributed by atoms with Gasteiger partial charge in [0, 0.05) is 11.8 Å². The van der Waals surface area contributed by atoms with Gasteiger partial charge in [0.2, 0.25) is 0 Å². The Morgan fingerprint density at radius 1 is 1.00 bits per heavy atom. The number of hydrogen-bond donors (Lipinski definition) is 0. The van der Waals surface area contributed by atoms with Gasteiger partial charge in [-0.15, -0.1) is 0 Å². The SMILES string of the molecule is COc1ccc(OC2CCSC2)cc1OC1CCCC1. The Labute approximate surface area is 125 Å². The van der Waals surface area contributed by atoms with Crippen LogP contribution >= 0.6 is 11.8 Å². The van der Waals surface area contributed by atoms with E-state index in [9.17, 15) is 0 Å². The van der Waals surface area contributed by atoms with Gasteiger partial charge in [-0.1, -0.05) is 0 Å². The number of rotatable bonds is 5. The molecule has 4 heteroatoms. The fourth-order valence-corrected chi connectivity index (χ4v) is 3.90. The zero-order chi connectivity index (χ0) is 13.8. The molecule has 1 atom stereocenters. The highest BCUT2D eigenvalue weighted by Crippen LogP contribution is 2.35. The van der Waals surface area contributed by atoms with Crippen molar-refractivity contribution in [1.82, 2.24) is 0 Å². The molecule has 1 heterocycles. The normalized spacial score (nSPS) is 22.9. The highest BCUT2D eigenvalue weighted by molar-refractivity contribution is 7.99. The third-order valence-corrected chi connectivity index (χ3v) is 5.05. The molecule has 1 aliphatic carbocycles. The van der Waals surface area contributed by atoms with E-state index in [1.807, 2.05) is 30.0 Å². The summed E-state index contributed by atoms with van der Waals surface area (Å²) in [6, 6.07) is 5.91. The van der Waals surface area contributed by atoms with Crippen molar-refractivity contribution >= 4 is 11.8 Å². The molecule has 3 rings (SSSR count). The molecular formula is C16H22O3S. The van der Waals surface area contributed by atoms with Crippen molar-refractivity contribution < 1.29 is 14.2 Å². The highest BCUT2D eigenvalue weighted by atomic mass is 32.2. The van der Waals surface area contributed by atoms with Crippen LogP contribution in [0.4, 0.5) is 0 Å². The van der Waals surface area contributed by atoms with E-state index in [1.165, 1.54) is 18.6 Å². The van der Waals surface area contributed by atoms with Crippen LogP contribution in [0.2, 0.25) is 0 Å². The molecule has 0 aromatic heterocycles. The van der Waals surface area contributed by atoms with Crippen molar-refractivity contribution in [3.8, 4) is 17.2 Å². The minimum atomic E-state index is 0.334. The Hall–Kier alpha value is -1.03. The minimum Gasteiger partial charge on any atom is -0.493 e. The average molecular weight is 294 g/mol. The second kappa shape index (κ2) is 6.61.